The number of hydrogen-bond acceptors (Lipinski definition) is 4. The zero-order chi connectivity index (χ0) is 13.7. The minimum absolute atomic E-state index is 0.225. The Morgan fingerprint density at radius 3 is 2.65 bits per heavy atom. The van der Waals surface area contributed by atoms with E-state index < -0.39 is 0 Å². The molecule has 2 aliphatic heterocycles. The Kier molecular flexibility index (Phi) is 2.26. The Morgan fingerprint density at radius 1 is 1.15 bits per heavy atom. The van der Waals surface area contributed by atoms with Gasteiger partial charge in [0, 0.05) is 30.3 Å². The molecule has 2 heterocycles. The lowest BCUT2D eigenvalue weighted by molar-refractivity contribution is 0.00954. The van der Waals surface area contributed by atoms with E-state index in [-0.39, 0.29) is 11.4 Å². The molecule has 4 nitrogen and oxygen atoms in total. The van der Waals surface area contributed by atoms with Gasteiger partial charge in [-0.3, -0.25) is 0 Å². The maximum atomic E-state index is 9.66. The lowest BCUT2D eigenvalue weighted by Gasteiger charge is -2.46. The summed E-state index contributed by atoms with van der Waals surface area (Å²) in [6.45, 7) is 1.53. The number of fused-ring (bicyclic) bond motifs is 4. The molecule has 1 spiro atoms. The average molecular weight is 269 g/mol. The minimum Gasteiger partial charge on any atom is -0.508 e. The topological polar surface area (TPSA) is 50.7 Å². The highest BCUT2D eigenvalue weighted by molar-refractivity contribution is 5.78. The molecule has 2 aliphatic rings. The number of nitrogens with one attached hydrogen (secondary N) is 1. The van der Waals surface area contributed by atoms with Crippen LogP contribution in [0.5, 0.6) is 17.2 Å². The van der Waals surface area contributed by atoms with Crippen LogP contribution in [-0.4, -0.2) is 25.3 Å². The summed E-state index contributed by atoms with van der Waals surface area (Å²) < 4.78 is 11.5. The first-order valence-electron chi connectivity index (χ1n) is 6.63. The summed E-state index contributed by atoms with van der Waals surface area (Å²) in [6, 6.07) is 11.3. The molecule has 0 atom stereocenters. The van der Waals surface area contributed by atoms with E-state index in [1.807, 2.05) is 18.2 Å². The third kappa shape index (κ3) is 1.45. The third-order valence-electron chi connectivity index (χ3n) is 4.10. The first kappa shape index (κ1) is 11.6. The Balaban J connectivity index is 1.97. The second-order valence-electron chi connectivity index (χ2n) is 5.29. The van der Waals surface area contributed by atoms with Crippen molar-refractivity contribution in [3.05, 3.63) is 42.0 Å². The van der Waals surface area contributed by atoms with Crippen LogP contribution in [0.3, 0.4) is 0 Å². The normalized spacial score (nSPS) is 17.6. The molecule has 0 aliphatic carbocycles. The molecule has 0 saturated carbocycles. The molecule has 2 aromatic carbocycles. The second kappa shape index (κ2) is 3.90. The highest BCUT2D eigenvalue weighted by Crippen LogP contribution is 2.48. The fourth-order valence-electron chi connectivity index (χ4n) is 2.96. The molecular formula is C16H15NO3. The van der Waals surface area contributed by atoms with Gasteiger partial charge in [0.05, 0.1) is 7.11 Å². The predicted octanol–water partition coefficient (Wildman–Crippen LogP) is 2.26. The summed E-state index contributed by atoms with van der Waals surface area (Å²) >= 11 is 0. The maximum Gasteiger partial charge on any atom is 0.159 e. The van der Waals surface area contributed by atoms with Crippen LogP contribution in [0.15, 0.2) is 36.4 Å². The zero-order valence-electron chi connectivity index (χ0n) is 11.1. The molecule has 0 unspecified atom stereocenters. The van der Waals surface area contributed by atoms with E-state index in [4.69, 9.17) is 9.47 Å². The van der Waals surface area contributed by atoms with Crippen molar-refractivity contribution in [2.75, 3.05) is 20.2 Å². The Labute approximate surface area is 117 Å². The van der Waals surface area contributed by atoms with Crippen molar-refractivity contribution in [3.8, 4) is 28.4 Å². The molecular weight excluding hydrogens is 254 g/mol. The van der Waals surface area contributed by atoms with Gasteiger partial charge in [0.15, 0.2) is 5.60 Å². The van der Waals surface area contributed by atoms with E-state index in [0.717, 1.165) is 41.3 Å². The first-order valence-corrected chi connectivity index (χ1v) is 6.63. The fraction of sp³-hybridized carbons (Fsp3) is 0.250. The standard InChI is InChI=1S/C16H15NO3/c1-19-11-3-5-12-13-4-2-10(18)6-15(13)20-16(8-17-9-16)14(12)7-11/h2-7,17-18H,8-9H2,1H3. The van der Waals surface area contributed by atoms with E-state index >= 15 is 0 Å². The van der Waals surface area contributed by atoms with Crippen LogP contribution in [0, 0.1) is 0 Å². The van der Waals surface area contributed by atoms with Crippen LogP contribution in [0.25, 0.3) is 11.1 Å². The first-order chi connectivity index (χ1) is 9.72. The number of aromatic hydroxyl groups is 1. The maximum absolute atomic E-state index is 9.66. The van der Waals surface area contributed by atoms with Crippen molar-refractivity contribution in [2.45, 2.75) is 5.60 Å². The van der Waals surface area contributed by atoms with Crippen LogP contribution in [-0.2, 0) is 5.60 Å². The monoisotopic (exact) mass is 269 g/mol. The van der Waals surface area contributed by atoms with Crippen molar-refractivity contribution in [1.82, 2.24) is 5.32 Å². The number of rotatable bonds is 1. The molecule has 0 bridgehead atoms. The number of benzene rings is 2. The molecule has 0 aromatic heterocycles. The summed E-state index contributed by atoms with van der Waals surface area (Å²) in [4.78, 5) is 0. The Morgan fingerprint density at radius 2 is 1.95 bits per heavy atom. The van der Waals surface area contributed by atoms with Gasteiger partial charge in [-0.25, -0.2) is 0 Å². The molecule has 0 amide bonds. The van der Waals surface area contributed by atoms with Crippen molar-refractivity contribution in [3.63, 3.8) is 0 Å². The highest BCUT2D eigenvalue weighted by Gasteiger charge is 2.46. The lowest BCUT2D eigenvalue weighted by Crippen LogP contribution is -2.61. The van der Waals surface area contributed by atoms with Gasteiger partial charge in [-0.15, -0.1) is 0 Å². The van der Waals surface area contributed by atoms with Crippen LogP contribution < -0.4 is 14.8 Å². The minimum atomic E-state index is -0.343. The van der Waals surface area contributed by atoms with E-state index in [1.165, 1.54) is 0 Å². The average Bonchev–Trinajstić information content (AvgIpc) is 2.43. The largest absolute Gasteiger partial charge is 0.508 e. The Bertz CT molecular complexity index is 692. The molecule has 0 radical (unpaired) electrons. The molecule has 4 heteroatoms. The summed E-state index contributed by atoms with van der Waals surface area (Å²) in [5, 5.41) is 12.9. The number of ether oxygens (including phenoxy) is 2. The number of methoxy groups -OCH3 is 1. The van der Waals surface area contributed by atoms with Gasteiger partial charge < -0.3 is 19.9 Å². The van der Waals surface area contributed by atoms with Gasteiger partial charge in [0.2, 0.25) is 0 Å². The number of phenols is 1. The van der Waals surface area contributed by atoms with Gasteiger partial charge >= 0.3 is 0 Å². The molecule has 4 rings (SSSR count). The number of phenolic OH excluding ortho intramolecular Hbond substituents is 1. The van der Waals surface area contributed by atoms with Crippen molar-refractivity contribution in [2.24, 2.45) is 0 Å². The molecule has 20 heavy (non-hydrogen) atoms. The van der Waals surface area contributed by atoms with E-state index in [1.54, 1.807) is 19.2 Å². The van der Waals surface area contributed by atoms with Crippen LogP contribution in [0.4, 0.5) is 0 Å². The third-order valence-corrected chi connectivity index (χ3v) is 4.10. The SMILES string of the molecule is COc1ccc2c(c1)C1(CNC1)Oc1cc(O)ccc1-2. The number of hydrogen-bond donors (Lipinski definition) is 2. The Hall–Kier alpha value is -2.20. The van der Waals surface area contributed by atoms with Gasteiger partial charge in [0.25, 0.3) is 0 Å². The summed E-state index contributed by atoms with van der Waals surface area (Å²) in [5.74, 6) is 1.80. The lowest BCUT2D eigenvalue weighted by atomic mass is 9.80. The van der Waals surface area contributed by atoms with E-state index in [0.29, 0.717) is 0 Å². The van der Waals surface area contributed by atoms with Gasteiger partial charge in [-0.05, 0) is 29.8 Å². The summed E-state index contributed by atoms with van der Waals surface area (Å²) in [5.41, 5.74) is 2.96. The van der Waals surface area contributed by atoms with E-state index in [2.05, 4.69) is 11.4 Å². The van der Waals surface area contributed by atoms with Gasteiger partial charge in [-0.2, -0.15) is 0 Å². The van der Waals surface area contributed by atoms with Crippen molar-refractivity contribution < 1.29 is 14.6 Å². The zero-order valence-corrected chi connectivity index (χ0v) is 11.1. The van der Waals surface area contributed by atoms with Gasteiger partial charge in [-0.1, -0.05) is 6.07 Å². The summed E-state index contributed by atoms with van der Waals surface area (Å²) in [6.07, 6.45) is 0. The summed E-state index contributed by atoms with van der Waals surface area (Å²) in [7, 11) is 1.67. The fourth-order valence-corrected chi connectivity index (χ4v) is 2.96. The molecule has 2 N–H and O–H groups in total. The smallest absolute Gasteiger partial charge is 0.159 e. The van der Waals surface area contributed by atoms with Crippen molar-refractivity contribution in [1.29, 1.82) is 0 Å². The highest BCUT2D eigenvalue weighted by atomic mass is 16.5. The molecule has 102 valence electrons. The van der Waals surface area contributed by atoms with Crippen LogP contribution >= 0.6 is 0 Å². The van der Waals surface area contributed by atoms with E-state index in [9.17, 15) is 5.11 Å². The van der Waals surface area contributed by atoms with Crippen molar-refractivity contribution >= 4 is 0 Å². The second-order valence-corrected chi connectivity index (χ2v) is 5.29. The van der Waals surface area contributed by atoms with Crippen LogP contribution in [0.1, 0.15) is 5.56 Å². The molecule has 2 aromatic rings. The molecule has 1 saturated heterocycles. The van der Waals surface area contributed by atoms with Gasteiger partial charge in [0.1, 0.15) is 17.2 Å². The molecule has 1 fully saturated rings. The quantitative estimate of drug-likeness (QED) is 0.833. The van der Waals surface area contributed by atoms with Crippen LogP contribution in [0.2, 0.25) is 0 Å². The predicted molar refractivity (Wildman–Crippen MR) is 75.3 cm³/mol.